The third kappa shape index (κ3) is 4.06. The summed E-state index contributed by atoms with van der Waals surface area (Å²) < 4.78 is 5.54. The van der Waals surface area contributed by atoms with Crippen LogP contribution >= 0.6 is 11.3 Å². The number of rotatable bonds is 6. The molecule has 6 heteroatoms. The quantitative estimate of drug-likeness (QED) is 0.874. The second-order valence-electron chi connectivity index (χ2n) is 5.91. The first-order valence-electron chi connectivity index (χ1n) is 8.42. The van der Waals surface area contributed by atoms with E-state index in [-0.39, 0.29) is 5.91 Å². The van der Waals surface area contributed by atoms with Crippen LogP contribution in [0.25, 0.3) is 0 Å². The molecule has 0 aliphatic carbocycles. The first kappa shape index (κ1) is 16.8. The minimum absolute atomic E-state index is 0.0644. The van der Waals surface area contributed by atoms with Crippen molar-refractivity contribution in [3.8, 4) is 5.75 Å². The first-order chi connectivity index (χ1) is 11.8. The number of carbonyl (C=O) groups is 1. The monoisotopic (exact) mass is 345 g/mol. The molecule has 0 spiro atoms. The van der Waals surface area contributed by atoms with Crippen molar-refractivity contribution in [1.29, 1.82) is 0 Å². The average molecular weight is 345 g/mol. The number of hydrogen-bond donors (Lipinski definition) is 1. The molecule has 1 atom stereocenters. The van der Waals surface area contributed by atoms with Crippen molar-refractivity contribution in [3.05, 3.63) is 41.4 Å². The number of benzene rings is 1. The number of nitrogens with one attached hydrogen (secondary N) is 1. The topological polar surface area (TPSA) is 54.5 Å². The van der Waals surface area contributed by atoms with Crippen LogP contribution in [0.1, 0.15) is 30.1 Å². The zero-order valence-electron chi connectivity index (χ0n) is 13.9. The number of aromatic nitrogens is 1. The SMILES string of the molecule is CCOc1ccccc1C(=O)NCC1CCCN(c2nccs2)C1. The summed E-state index contributed by atoms with van der Waals surface area (Å²) in [5.41, 5.74) is 0.604. The summed E-state index contributed by atoms with van der Waals surface area (Å²) in [4.78, 5) is 19.2. The van der Waals surface area contributed by atoms with Gasteiger partial charge in [-0.25, -0.2) is 4.98 Å². The second kappa shape index (κ2) is 8.15. The highest BCUT2D eigenvalue weighted by atomic mass is 32.1. The largest absolute Gasteiger partial charge is 0.493 e. The average Bonchev–Trinajstić information content (AvgIpc) is 3.15. The van der Waals surface area contributed by atoms with E-state index in [1.165, 1.54) is 0 Å². The summed E-state index contributed by atoms with van der Waals surface area (Å²) in [5, 5.41) is 6.15. The number of nitrogens with zero attached hydrogens (tertiary/aromatic N) is 2. The van der Waals surface area contributed by atoms with Crippen molar-refractivity contribution in [2.45, 2.75) is 19.8 Å². The molecule has 1 fully saturated rings. The van der Waals surface area contributed by atoms with Crippen LogP contribution in [0.2, 0.25) is 0 Å². The second-order valence-corrected chi connectivity index (χ2v) is 6.78. The smallest absolute Gasteiger partial charge is 0.255 e. The molecule has 1 amide bonds. The van der Waals surface area contributed by atoms with Crippen molar-refractivity contribution < 1.29 is 9.53 Å². The van der Waals surface area contributed by atoms with Crippen LogP contribution in [-0.2, 0) is 0 Å². The molecule has 0 radical (unpaired) electrons. The van der Waals surface area contributed by atoms with Gasteiger partial charge in [0.15, 0.2) is 5.13 Å². The van der Waals surface area contributed by atoms with Crippen LogP contribution in [0.4, 0.5) is 5.13 Å². The Morgan fingerprint density at radius 2 is 2.33 bits per heavy atom. The van der Waals surface area contributed by atoms with Gasteiger partial charge in [0.25, 0.3) is 5.91 Å². The van der Waals surface area contributed by atoms with Crippen LogP contribution in [-0.4, -0.2) is 37.1 Å². The lowest BCUT2D eigenvalue weighted by Gasteiger charge is -2.32. The van der Waals surface area contributed by atoms with Gasteiger partial charge in [-0.2, -0.15) is 0 Å². The Morgan fingerprint density at radius 1 is 1.46 bits per heavy atom. The molecule has 0 bridgehead atoms. The van der Waals surface area contributed by atoms with Crippen LogP contribution in [0.15, 0.2) is 35.8 Å². The number of anilines is 1. The zero-order valence-corrected chi connectivity index (χ0v) is 14.7. The van der Waals surface area contributed by atoms with Gasteiger partial charge in [-0.3, -0.25) is 4.79 Å². The molecule has 24 heavy (non-hydrogen) atoms. The maximum absolute atomic E-state index is 12.5. The van der Waals surface area contributed by atoms with Gasteiger partial charge >= 0.3 is 0 Å². The lowest BCUT2D eigenvalue weighted by Crippen LogP contribution is -2.41. The Labute approximate surface area is 146 Å². The highest BCUT2D eigenvalue weighted by molar-refractivity contribution is 7.13. The first-order valence-corrected chi connectivity index (χ1v) is 9.30. The molecule has 1 aromatic heterocycles. The van der Waals surface area contributed by atoms with Crippen molar-refractivity contribution in [2.24, 2.45) is 5.92 Å². The fourth-order valence-electron chi connectivity index (χ4n) is 3.05. The minimum Gasteiger partial charge on any atom is -0.493 e. The number of amides is 1. The zero-order chi connectivity index (χ0) is 16.8. The molecule has 2 heterocycles. The number of para-hydroxylation sites is 1. The number of hydrogen-bond acceptors (Lipinski definition) is 5. The summed E-state index contributed by atoms with van der Waals surface area (Å²) in [6.07, 6.45) is 4.11. The van der Waals surface area contributed by atoms with Gasteiger partial charge in [0.1, 0.15) is 5.75 Å². The maximum atomic E-state index is 12.5. The van der Waals surface area contributed by atoms with E-state index in [2.05, 4.69) is 15.2 Å². The van der Waals surface area contributed by atoms with Gasteiger partial charge in [-0.15, -0.1) is 11.3 Å². The van der Waals surface area contributed by atoms with E-state index in [1.54, 1.807) is 11.3 Å². The minimum atomic E-state index is -0.0644. The molecule has 0 saturated carbocycles. The van der Waals surface area contributed by atoms with E-state index in [0.29, 0.717) is 30.4 Å². The van der Waals surface area contributed by atoms with Crippen LogP contribution < -0.4 is 15.0 Å². The number of ether oxygens (including phenoxy) is 1. The summed E-state index contributed by atoms with van der Waals surface area (Å²) in [6.45, 7) is 5.15. The molecule has 1 aromatic carbocycles. The third-order valence-electron chi connectivity index (χ3n) is 4.19. The van der Waals surface area contributed by atoms with Crippen LogP contribution in [0.5, 0.6) is 5.75 Å². The van der Waals surface area contributed by atoms with Crippen molar-refractivity contribution >= 4 is 22.4 Å². The standard InChI is InChI=1S/C18H23N3O2S/c1-2-23-16-8-4-3-7-15(16)17(22)20-12-14-6-5-10-21(13-14)18-19-9-11-24-18/h3-4,7-9,11,14H,2,5-6,10,12-13H2,1H3,(H,20,22). The molecular formula is C18H23N3O2S. The van der Waals surface area contributed by atoms with E-state index >= 15 is 0 Å². The highest BCUT2D eigenvalue weighted by Gasteiger charge is 2.22. The summed E-state index contributed by atoms with van der Waals surface area (Å²) >= 11 is 1.67. The van der Waals surface area contributed by atoms with E-state index < -0.39 is 0 Å². The van der Waals surface area contributed by atoms with Gasteiger partial charge in [0.2, 0.25) is 0 Å². The Kier molecular flexibility index (Phi) is 5.69. The van der Waals surface area contributed by atoms with E-state index in [4.69, 9.17) is 4.74 Å². The Hall–Kier alpha value is -2.08. The summed E-state index contributed by atoms with van der Waals surface area (Å²) in [5.74, 6) is 1.03. The molecule has 1 unspecified atom stereocenters. The molecular weight excluding hydrogens is 322 g/mol. The molecule has 5 nitrogen and oxygen atoms in total. The lowest BCUT2D eigenvalue weighted by atomic mass is 9.98. The van der Waals surface area contributed by atoms with Crippen molar-refractivity contribution in [1.82, 2.24) is 10.3 Å². The molecule has 3 rings (SSSR count). The highest BCUT2D eigenvalue weighted by Crippen LogP contribution is 2.24. The number of carbonyl (C=O) groups excluding carboxylic acids is 1. The summed E-state index contributed by atoms with van der Waals surface area (Å²) in [6, 6.07) is 7.39. The molecule has 128 valence electrons. The molecule has 1 saturated heterocycles. The molecule has 2 aromatic rings. The number of thiazole rings is 1. The number of piperidine rings is 1. The third-order valence-corrected chi connectivity index (χ3v) is 5.02. The van der Waals surface area contributed by atoms with Gasteiger partial charge in [-0.05, 0) is 37.8 Å². The predicted molar refractivity (Wildman–Crippen MR) is 97.0 cm³/mol. The normalized spacial score (nSPS) is 17.5. The van der Waals surface area contributed by atoms with Gasteiger partial charge in [0, 0.05) is 31.2 Å². The fourth-order valence-corrected chi connectivity index (χ4v) is 3.73. The van der Waals surface area contributed by atoms with Gasteiger partial charge in [-0.1, -0.05) is 12.1 Å². The van der Waals surface area contributed by atoms with E-state index in [9.17, 15) is 4.79 Å². The Morgan fingerprint density at radius 3 is 3.12 bits per heavy atom. The van der Waals surface area contributed by atoms with Gasteiger partial charge < -0.3 is 15.0 Å². The Balaban J connectivity index is 1.56. The van der Waals surface area contributed by atoms with Crippen molar-refractivity contribution in [3.63, 3.8) is 0 Å². The van der Waals surface area contributed by atoms with Crippen LogP contribution in [0.3, 0.4) is 0 Å². The predicted octanol–water partition coefficient (Wildman–Crippen LogP) is 3.19. The van der Waals surface area contributed by atoms with Crippen LogP contribution in [0, 0.1) is 5.92 Å². The van der Waals surface area contributed by atoms with Crippen molar-refractivity contribution in [2.75, 3.05) is 31.1 Å². The maximum Gasteiger partial charge on any atom is 0.255 e. The summed E-state index contributed by atoms with van der Waals surface area (Å²) in [7, 11) is 0. The van der Waals surface area contributed by atoms with E-state index in [1.807, 2.05) is 42.8 Å². The molecule has 1 N–H and O–H groups in total. The van der Waals surface area contributed by atoms with Gasteiger partial charge in [0.05, 0.1) is 12.2 Å². The molecule has 1 aliphatic heterocycles. The fraction of sp³-hybridized carbons (Fsp3) is 0.444. The Bertz CT molecular complexity index is 660. The lowest BCUT2D eigenvalue weighted by molar-refractivity contribution is 0.0942. The van der Waals surface area contributed by atoms with E-state index in [0.717, 1.165) is 31.1 Å². The molecule has 1 aliphatic rings.